The Kier molecular flexibility index (Phi) is 8.71. The number of nitrogens with zero attached hydrogens (tertiary/aromatic N) is 3. The van der Waals surface area contributed by atoms with Crippen LogP contribution in [0.15, 0.2) is 60.8 Å². The van der Waals surface area contributed by atoms with E-state index in [1.807, 2.05) is 36.4 Å². The third-order valence-corrected chi connectivity index (χ3v) is 6.61. The average Bonchev–Trinajstić information content (AvgIpc) is 3.34. The lowest BCUT2D eigenvalue weighted by atomic mass is 10.0. The van der Waals surface area contributed by atoms with Gasteiger partial charge in [0.25, 0.3) is 5.91 Å². The van der Waals surface area contributed by atoms with E-state index in [1.165, 1.54) is 0 Å². The zero-order valence-electron chi connectivity index (χ0n) is 20.5. The van der Waals surface area contributed by atoms with E-state index >= 15 is 0 Å². The van der Waals surface area contributed by atoms with Crippen molar-refractivity contribution >= 4 is 22.5 Å². The summed E-state index contributed by atoms with van der Waals surface area (Å²) in [5.41, 5.74) is 2.31. The van der Waals surface area contributed by atoms with Gasteiger partial charge in [0.05, 0.1) is 42.6 Å². The highest BCUT2D eigenvalue weighted by Crippen LogP contribution is 2.31. The molecule has 1 aliphatic heterocycles. The summed E-state index contributed by atoms with van der Waals surface area (Å²) in [5, 5.41) is 32.6. The molecule has 0 radical (unpaired) electrons. The van der Waals surface area contributed by atoms with Gasteiger partial charge in [-0.15, -0.1) is 0 Å². The Morgan fingerprint density at radius 2 is 1.94 bits per heavy atom. The Morgan fingerprint density at radius 1 is 1.17 bits per heavy atom. The Balaban J connectivity index is 1.49. The molecule has 1 amide bonds. The van der Waals surface area contributed by atoms with Crippen LogP contribution in [0.1, 0.15) is 18.0 Å². The van der Waals surface area contributed by atoms with Crippen LogP contribution < -0.4 is 10.1 Å². The van der Waals surface area contributed by atoms with Gasteiger partial charge in [-0.1, -0.05) is 30.3 Å². The molecule has 192 valence electrons. The van der Waals surface area contributed by atoms with Crippen molar-refractivity contribution in [2.45, 2.75) is 24.6 Å². The summed E-state index contributed by atoms with van der Waals surface area (Å²) < 4.78 is 5.98. The number of benzene rings is 2. The molecule has 1 fully saturated rings. The molecule has 0 spiro atoms. The summed E-state index contributed by atoms with van der Waals surface area (Å²) in [4.78, 5) is 21.6. The largest absolute Gasteiger partial charge is 0.483 e. The second-order valence-electron chi connectivity index (χ2n) is 9.14. The Labute approximate surface area is 210 Å². The molecule has 9 heteroatoms. The molecule has 1 saturated heterocycles. The summed E-state index contributed by atoms with van der Waals surface area (Å²) in [7, 11) is 1.78. The number of carbonyl (C=O) groups is 1. The number of ether oxygens (including phenoxy) is 1. The third kappa shape index (κ3) is 6.11. The molecule has 2 aromatic carbocycles. The van der Waals surface area contributed by atoms with Crippen molar-refractivity contribution in [3.8, 4) is 5.75 Å². The second-order valence-corrected chi connectivity index (χ2v) is 9.14. The first-order valence-electron chi connectivity index (χ1n) is 12.2. The number of amides is 1. The van der Waals surface area contributed by atoms with Crippen molar-refractivity contribution in [2.75, 3.05) is 51.8 Å². The predicted molar refractivity (Wildman–Crippen MR) is 138 cm³/mol. The van der Waals surface area contributed by atoms with E-state index in [9.17, 15) is 20.1 Å². The van der Waals surface area contributed by atoms with Gasteiger partial charge < -0.3 is 30.3 Å². The van der Waals surface area contributed by atoms with Crippen LogP contribution in [0.5, 0.6) is 5.75 Å². The molecule has 4 N–H and O–H groups in total. The first-order valence-corrected chi connectivity index (χ1v) is 12.2. The van der Waals surface area contributed by atoms with Crippen molar-refractivity contribution in [1.29, 1.82) is 0 Å². The highest BCUT2D eigenvalue weighted by atomic mass is 16.5. The SMILES string of the molecule is CN(C(=O)COc1ccc(NC(CO)CO)c2ncccc12)C(CN1CC[C@H](O)C1)c1ccccc1. The number of likely N-dealkylation sites (tertiary alicyclic amines) is 1. The minimum atomic E-state index is -0.510. The lowest BCUT2D eigenvalue weighted by Crippen LogP contribution is -2.40. The summed E-state index contributed by atoms with van der Waals surface area (Å²) in [6.45, 7) is 1.46. The molecule has 0 bridgehead atoms. The lowest BCUT2D eigenvalue weighted by Gasteiger charge is -2.32. The van der Waals surface area contributed by atoms with Gasteiger partial charge in [-0.05, 0) is 36.2 Å². The molecule has 0 saturated carbocycles. The molecular weight excluding hydrogens is 460 g/mol. The van der Waals surface area contributed by atoms with E-state index < -0.39 is 6.04 Å². The quantitative estimate of drug-likeness (QED) is 0.318. The van der Waals surface area contributed by atoms with E-state index in [1.54, 1.807) is 36.3 Å². The van der Waals surface area contributed by atoms with Gasteiger partial charge in [-0.3, -0.25) is 14.7 Å². The molecule has 9 nitrogen and oxygen atoms in total. The van der Waals surface area contributed by atoms with E-state index in [-0.39, 0.29) is 37.9 Å². The number of likely N-dealkylation sites (N-methyl/N-ethyl adjacent to an activating group) is 1. The lowest BCUT2D eigenvalue weighted by molar-refractivity contribution is -0.134. The summed E-state index contributed by atoms with van der Waals surface area (Å²) >= 11 is 0. The molecule has 0 aliphatic carbocycles. The zero-order chi connectivity index (χ0) is 25.5. The molecule has 36 heavy (non-hydrogen) atoms. The van der Waals surface area contributed by atoms with Gasteiger partial charge in [-0.25, -0.2) is 0 Å². The van der Waals surface area contributed by atoms with Crippen LogP contribution in [0.4, 0.5) is 5.69 Å². The Bertz CT molecular complexity index is 1140. The van der Waals surface area contributed by atoms with Crippen molar-refractivity contribution in [3.63, 3.8) is 0 Å². The maximum atomic E-state index is 13.2. The number of rotatable bonds is 11. The topological polar surface area (TPSA) is 118 Å². The smallest absolute Gasteiger partial charge is 0.260 e. The summed E-state index contributed by atoms with van der Waals surface area (Å²) in [6.07, 6.45) is 2.07. The van der Waals surface area contributed by atoms with E-state index in [0.29, 0.717) is 30.0 Å². The first-order chi connectivity index (χ1) is 17.5. The van der Waals surface area contributed by atoms with Crippen LogP contribution >= 0.6 is 0 Å². The minimum Gasteiger partial charge on any atom is -0.483 e. The number of β-amino-alcohol motifs (C(OH)–C–C–N with tert-alkyl or cyclic N) is 1. The van der Waals surface area contributed by atoms with Crippen LogP contribution in [0.2, 0.25) is 0 Å². The van der Waals surface area contributed by atoms with Crippen molar-refractivity contribution in [3.05, 3.63) is 66.4 Å². The fourth-order valence-electron chi connectivity index (χ4n) is 4.52. The molecule has 1 aromatic heterocycles. The number of carbonyl (C=O) groups excluding carboxylic acids is 1. The first kappa shape index (κ1) is 25.8. The van der Waals surface area contributed by atoms with Gasteiger partial charge in [0.1, 0.15) is 5.75 Å². The van der Waals surface area contributed by atoms with Crippen molar-refractivity contribution < 1.29 is 24.9 Å². The zero-order valence-corrected chi connectivity index (χ0v) is 20.5. The number of hydrogen-bond acceptors (Lipinski definition) is 8. The summed E-state index contributed by atoms with van der Waals surface area (Å²) in [6, 6.07) is 16.4. The molecule has 3 aromatic rings. The maximum Gasteiger partial charge on any atom is 0.260 e. The number of aliphatic hydroxyl groups is 3. The van der Waals surface area contributed by atoms with Gasteiger partial charge in [0.15, 0.2) is 6.61 Å². The number of anilines is 1. The van der Waals surface area contributed by atoms with Gasteiger partial charge in [0, 0.05) is 38.3 Å². The Morgan fingerprint density at radius 3 is 2.64 bits per heavy atom. The molecule has 1 unspecified atom stereocenters. The number of aromatic nitrogens is 1. The minimum absolute atomic E-state index is 0.144. The molecule has 2 atom stereocenters. The van der Waals surface area contributed by atoms with Crippen LogP contribution in [0.3, 0.4) is 0 Å². The highest BCUT2D eigenvalue weighted by molar-refractivity contribution is 5.95. The van der Waals surface area contributed by atoms with Crippen molar-refractivity contribution in [1.82, 2.24) is 14.8 Å². The fraction of sp³-hybridized carbons (Fsp3) is 0.407. The van der Waals surface area contributed by atoms with Gasteiger partial charge in [-0.2, -0.15) is 0 Å². The molecular formula is C27H34N4O5. The Hall–Kier alpha value is -3.24. The van der Waals surface area contributed by atoms with Crippen molar-refractivity contribution in [2.24, 2.45) is 0 Å². The number of fused-ring (bicyclic) bond motifs is 1. The highest BCUT2D eigenvalue weighted by Gasteiger charge is 2.28. The van der Waals surface area contributed by atoms with Crippen LogP contribution in [0.25, 0.3) is 10.9 Å². The number of nitrogens with one attached hydrogen (secondary N) is 1. The predicted octanol–water partition coefficient (Wildman–Crippen LogP) is 1.64. The number of hydrogen-bond donors (Lipinski definition) is 4. The fourth-order valence-corrected chi connectivity index (χ4v) is 4.52. The standard InChI is InChI=1S/C27H34N4O5/c1-30(24(19-6-3-2-4-7-19)15-31-13-11-21(34)14-31)26(35)18-36-25-10-9-23(29-20(16-32)17-33)27-22(25)8-5-12-28-27/h2-10,12,20-21,24,29,32-34H,11,13-18H2,1H3/t21-,24?/m0/s1. The van der Waals surface area contributed by atoms with Crippen LogP contribution in [0, 0.1) is 0 Å². The summed E-state index contributed by atoms with van der Waals surface area (Å²) in [5.74, 6) is 0.359. The molecule has 2 heterocycles. The third-order valence-electron chi connectivity index (χ3n) is 6.61. The van der Waals surface area contributed by atoms with E-state index in [0.717, 1.165) is 23.9 Å². The molecule has 4 rings (SSSR count). The molecule has 1 aliphatic rings. The second kappa shape index (κ2) is 12.1. The van der Waals surface area contributed by atoms with Gasteiger partial charge >= 0.3 is 0 Å². The maximum absolute atomic E-state index is 13.2. The monoisotopic (exact) mass is 494 g/mol. The van der Waals surface area contributed by atoms with Crippen LogP contribution in [-0.4, -0.2) is 94.7 Å². The number of pyridine rings is 1. The van der Waals surface area contributed by atoms with Gasteiger partial charge in [0.2, 0.25) is 0 Å². The number of aliphatic hydroxyl groups excluding tert-OH is 3. The van der Waals surface area contributed by atoms with Crippen LogP contribution in [-0.2, 0) is 4.79 Å². The van der Waals surface area contributed by atoms with E-state index in [2.05, 4.69) is 15.2 Å². The normalized spacial score (nSPS) is 16.9. The average molecular weight is 495 g/mol. The van der Waals surface area contributed by atoms with E-state index in [4.69, 9.17) is 4.74 Å².